The van der Waals surface area contributed by atoms with Crippen LogP contribution in [-0.4, -0.2) is 38.1 Å². The fourth-order valence-corrected chi connectivity index (χ4v) is 1.92. The molecule has 0 saturated heterocycles. The van der Waals surface area contributed by atoms with Crippen molar-refractivity contribution in [3.05, 3.63) is 34.3 Å². The van der Waals surface area contributed by atoms with Gasteiger partial charge < -0.3 is 10.2 Å². The average molecular weight is 299 g/mol. The lowest BCUT2D eigenvalue weighted by Gasteiger charge is -2.16. The molecule has 0 radical (unpaired) electrons. The first kappa shape index (κ1) is 14.7. The number of nitrogens with one attached hydrogen (secondary N) is 1. The third-order valence-corrected chi connectivity index (χ3v) is 3.32. The highest BCUT2D eigenvalue weighted by atomic mass is 79.9. The molecule has 0 heterocycles. The molecule has 1 rings (SSSR count). The van der Waals surface area contributed by atoms with E-state index in [1.807, 2.05) is 0 Å². The number of rotatable bonds is 8. The molecule has 0 fully saturated rings. The maximum absolute atomic E-state index is 3.46. The summed E-state index contributed by atoms with van der Waals surface area (Å²) in [6.07, 6.45) is 2.33. The van der Waals surface area contributed by atoms with Gasteiger partial charge in [0.25, 0.3) is 0 Å². The van der Waals surface area contributed by atoms with Gasteiger partial charge in [-0.05, 0) is 44.1 Å². The Morgan fingerprint density at radius 1 is 1.12 bits per heavy atom. The van der Waals surface area contributed by atoms with Crippen molar-refractivity contribution in [2.45, 2.75) is 19.8 Å². The molecule has 0 aliphatic heterocycles. The number of hydrogen-bond donors (Lipinski definition) is 1. The third-order valence-electron chi connectivity index (χ3n) is 2.79. The summed E-state index contributed by atoms with van der Waals surface area (Å²) in [4.78, 5) is 2.38. The van der Waals surface area contributed by atoms with E-state index in [-0.39, 0.29) is 0 Å². The zero-order valence-corrected chi connectivity index (χ0v) is 12.5. The predicted molar refractivity (Wildman–Crippen MR) is 78.5 cm³/mol. The van der Waals surface area contributed by atoms with E-state index in [2.05, 4.69) is 64.4 Å². The van der Waals surface area contributed by atoms with Crippen LogP contribution in [-0.2, 0) is 6.42 Å². The van der Waals surface area contributed by atoms with Crippen LogP contribution in [0.2, 0.25) is 0 Å². The lowest BCUT2D eigenvalue weighted by atomic mass is 10.1. The summed E-state index contributed by atoms with van der Waals surface area (Å²) in [5, 5.41) is 3.42. The second-order valence-electron chi connectivity index (χ2n) is 4.43. The van der Waals surface area contributed by atoms with E-state index in [1.54, 1.807) is 0 Å². The fourth-order valence-electron chi connectivity index (χ4n) is 1.65. The van der Waals surface area contributed by atoms with Gasteiger partial charge >= 0.3 is 0 Å². The minimum Gasteiger partial charge on any atom is -0.315 e. The number of halogens is 1. The second-order valence-corrected chi connectivity index (χ2v) is 5.35. The molecule has 0 atom stereocenters. The van der Waals surface area contributed by atoms with Gasteiger partial charge in [-0.2, -0.15) is 0 Å². The molecule has 17 heavy (non-hydrogen) atoms. The SMILES string of the molecule is CCCNCCN(C)CCc1ccc(Br)cc1. The minimum atomic E-state index is 1.09. The molecule has 0 bridgehead atoms. The van der Waals surface area contributed by atoms with Gasteiger partial charge in [-0.15, -0.1) is 0 Å². The molecule has 1 aromatic carbocycles. The molecule has 1 N–H and O–H groups in total. The highest BCUT2D eigenvalue weighted by molar-refractivity contribution is 9.10. The van der Waals surface area contributed by atoms with Crippen LogP contribution in [0, 0.1) is 0 Å². The summed E-state index contributed by atoms with van der Waals surface area (Å²) in [5.74, 6) is 0. The lowest BCUT2D eigenvalue weighted by Crippen LogP contribution is -2.30. The van der Waals surface area contributed by atoms with Crippen LogP contribution in [0.5, 0.6) is 0 Å². The Morgan fingerprint density at radius 3 is 2.47 bits per heavy atom. The van der Waals surface area contributed by atoms with Gasteiger partial charge in [0, 0.05) is 24.1 Å². The first-order valence-corrected chi connectivity index (χ1v) is 7.15. The Hall–Kier alpha value is -0.380. The van der Waals surface area contributed by atoms with Gasteiger partial charge in [-0.25, -0.2) is 0 Å². The first-order chi connectivity index (χ1) is 8.22. The number of nitrogens with zero attached hydrogens (tertiary/aromatic N) is 1. The van der Waals surface area contributed by atoms with Gasteiger partial charge in [-0.3, -0.25) is 0 Å². The fraction of sp³-hybridized carbons (Fsp3) is 0.571. The van der Waals surface area contributed by atoms with E-state index in [4.69, 9.17) is 0 Å². The second kappa shape index (κ2) is 8.67. The van der Waals surface area contributed by atoms with E-state index in [1.165, 1.54) is 12.0 Å². The molecular formula is C14H23BrN2. The molecule has 0 amide bonds. The standard InChI is InChI=1S/C14H23BrN2/c1-3-9-16-10-12-17(2)11-8-13-4-6-14(15)7-5-13/h4-7,16H,3,8-12H2,1-2H3. The monoisotopic (exact) mass is 298 g/mol. The van der Waals surface area contributed by atoms with Gasteiger partial charge in [-0.1, -0.05) is 35.0 Å². The average Bonchev–Trinajstić information content (AvgIpc) is 2.34. The summed E-state index contributed by atoms with van der Waals surface area (Å²) < 4.78 is 1.15. The van der Waals surface area contributed by atoms with Crippen LogP contribution < -0.4 is 5.32 Å². The Kier molecular flexibility index (Phi) is 7.49. The van der Waals surface area contributed by atoms with Crippen molar-refractivity contribution in [1.82, 2.24) is 10.2 Å². The van der Waals surface area contributed by atoms with Gasteiger partial charge in [0.1, 0.15) is 0 Å². The van der Waals surface area contributed by atoms with Crippen LogP contribution in [0.1, 0.15) is 18.9 Å². The summed E-state index contributed by atoms with van der Waals surface area (Å²) >= 11 is 3.46. The maximum atomic E-state index is 3.46. The summed E-state index contributed by atoms with van der Waals surface area (Å²) in [6.45, 7) is 6.65. The van der Waals surface area contributed by atoms with Crippen LogP contribution in [0.15, 0.2) is 28.7 Å². The zero-order chi connectivity index (χ0) is 12.5. The molecule has 96 valence electrons. The zero-order valence-electron chi connectivity index (χ0n) is 10.9. The minimum absolute atomic E-state index is 1.09. The van der Waals surface area contributed by atoms with E-state index in [0.29, 0.717) is 0 Å². The van der Waals surface area contributed by atoms with Gasteiger partial charge in [0.2, 0.25) is 0 Å². The molecule has 0 aliphatic carbocycles. The van der Waals surface area contributed by atoms with Crippen molar-refractivity contribution < 1.29 is 0 Å². The number of likely N-dealkylation sites (N-methyl/N-ethyl adjacent to an activating group) is 1. The predicted octanol–water partition coefficient (Wildman–Crippen LogP) is 2.92. The van der Waals surface area contributed by atoms with E-state index in [0.717, 1.165) is 37.1 Å². The van der Waals surface area contributed by atoms with Crippen molar-refractivity contribution in [1.29, 1.82) is 0 Å². The molecule has 2 nitrogen and oxygen atoms in total. The quantitative estimate of drug-likeness (QED) is 0.743. The molecule has 0 aromatic heterocycles. The van der Waals surface area contributed by atoms with E-state index < -0.39 is 0 Å². The topological polar surface area (TPSA) is 15.3 Å². The van der Waals surface area contributed by atoms with Crippen molar-refractivity contribution in [3.8, 4) is 0 Å². The van der Waals surface area contributed by atoms with Crippen LogP contribution in [0.3, 0.4) is 0 Å². The highest BCUT2D eigenvalue weighted by Crippen LogP contribution is 2.10. The summed E-state index contributed by atoms with van der Waals surface area (Å²) in [5.41, 5.74) is 1.40. The van der Waals surface area contributed by atoms with E-state index in [9.17, 15) is 0 Å². The smallest absolute Gasteiger partial charge is 0.0175 e. The molecular weight excluding hydrogens is 276 g/mol. The lowest BCUT2D eigenvalue weighted by molar-refractivity contribution is 0.336. The van der Waals surface area contributed by atoms with Crippen molar-refractivity contribution in [3.63, 3.8) is 0 Å². The van der Waals surface area contributed by atoms with Crippen molar-refractivity contribution >= 4 is 15.9 Å². The Labute approximate surface area is 114 Å². The highest BCUT2D eigenvalue weighted by Gasteiger charge is 1.99. The molecule has 0 aliphatic rings. The normalized spacial score (nSPS) is 11.1. The summed E-state index contributed by atoms with van der Waals surface area (Å²) in [7, 11) is 2.19. The molecule has 1 aromatic rings. The third kappa shape index (κ3) is 6.81. The largest absolute Gasteiger partial charge is 0.315 e. The summed E-state index contributed by atoms with van der Waals surface area (Å²) in [6, 6.07) is 8.59. The molecule has 0 spiro atoms. The Balaban J connectivity index is 2.14. The molecule has 3 heteroatoms. The van der Waals surface area contributed by atoms with Crippen molar-refractivity contribution in [2.75, 3.05) is 33.2 Å². The van der Waals surface area contributed by atoms with Crippen LogP contribution >= 0.6 is 15.9 Å². The molecule has 0 saturated carbocycles. The van der Waals surface area contributed by atoms with E-state index >= 15 is 0 Å². The maximum Gasteiger partial charge on any atom is 0.0175 e. The number of benzene rings is 1. The Bertz CT molecular complexity index is 298. The van der Waals surface area contributed by atoms with Crippen LogP contribution in [0.25, 0.3) is 0 Å². The molecule has 0 unspecified atom stereocenters. The van der Waals surface area contributed by atoms with Crippen LogP contribution in [0.4, 0.5) is 0 Å². The first-order valence-electron chi connectivity index (χ1n) is 6.36. The van der Waals surface area contributed by atoms with Gasteiger partial charge in [0.05, 0.1) is 0 Å². The number of hydrogen-bond acceptors (Lipinski definition) is 2. The van der Waals surface area contributed by atoms with Gasteiger partial charge in [0.15, 0.2) is 0 Å². The Morgan fingerprint density at radius 2 is 1.82 bits per heavy atom. The van der Waals surface area contributed by atoms with Crippen molar-refractivity contribution in [2.24, 2.45) is 0 Å².